The van der Waals surface area contributed by atoms with Crippen LogP contribution in [0, 0.1) is 5.92 Å². The molecule has 0 aromatic carbocycles. The van der Waals surface area contributed by atoms with E-state index in [1.165, 1.54) is 31.4 Å². The first-order chi connectivity index (χ1) is 5.70. The molecule has 0 saturated heterocycles. The van der Waals surface area contributed by atoms with Crippen molar-refractivity contribution in [2.75, 3.05) is 5.75 Å². The highest BCUT2D eigenvalue weighted by molar-refractivity contribution is 7.99. The second-order valence-corrected chi connectivity index (χ2v) is 5.32. The van der Waals surface area contributed by atoms with E-state index in [4.69, 9.17) is 0 Å². The van der Waals surface area contributed by atoms with Crippen LogP contribution in [-0.2, 0) is 0 Å². The second kappa shape index (κ2) is 7.97. The van der Waals surface area contributed by atoms with Gasteiger partial charge >= 0.3 is 0 Å². The molecule has 0 bridgehead atoms. The van der Waals surface area contributed by atoms with E-state index in [1.54, 1.807) is 0 Å². The molecule has 0 aliphatic heterocycles. The van der Waals surface area contributed by atoms with Gasteiger partial charge in [-0.15, -0.1) is 0 Å². The van der Waals surface area contributed by atoms with Gasteiger partial charge in [0.2, 0.25) is 0 Å². The van der Waals surface area contributed by atoms with E-state index >= 15 is 0 Å². The minimum atomic E-state index is 0.874. The van der Waals surface area contributed by atoms with Crippen molar-refractivity contribution in [2.24, 2.45) is 5.92 Å². The predicted molar refractivity (Wildman–Crippen MR) is 60.9 cm³/mol. The maximum absolute atomic E-state index is 2.35. The van der Waals surface area contributed by atoms with E-state index in [9.17, 15) is 0 Å². The van der Waals surface area contributed by atoms with Crippen molar-refractivity contribution >= 4 is 11.8 Å². The molecule has 0 heterocycles. The van der Waals surface area contributed by atoms with Gasteiger partial charge in [-0.2, -0.15) is 11.8 Å². The summed E-state index contributed by atoms with van der Waals surface area (Å²) < 4.78 is 0. The number of hydrogen-bond donors (Lipinski definition) is 0. The predicted octanol–water partition coefficient (Wildman–Crippen LogP) is 4.34. The Kier molecular flexibility index (Phi) is 8.20. The summed E-state index contributed by atoms with van der Waals surface area (Å²) in [7, 11) is 0. The van der Waals surface area contributed by atoms with Crippen LogP contribution in [0.15, 0.2) is 0 Å². The van der Waals surface area contributed by atoms with Crippen LogP contribution in [0.5, 0.6) is 0 Å². The lowest BCUT2D eigenvalue weighted by molar-refractivity contribution is 0.548. The molecule has 2 unspecified atom stereocenters. The molecule has 0 aromatic rings. The zero-order chi connectivity index (χ0) is 9.40. The van der Waals surface area contributed by atoms with Crippen molar-refractivity contribution in [3.8, 4) is 0 Å². The molecule has 2 atom stereocenters. The molecule has 0 nitrogen and oxygen atoms in total. The lowest BCUT2D eigenvalue weighted by Gasteiger charge is -2.11. The van der Waals surface area contributed by atoms with E-state index in [2.05, 4.69) is 39.5 Å². The Morgan fingerprint density at radius 1 is 1.08 bits per heavy atom. The molecule has 0 aliphatic carbocycles. The summed E-state index contributed by atoms with van der Waals surface area (Å²) in [5, 5.41) is 0.874. The Labute approximate surface area is 82.5 Å². The fourth-order valence-corrected chi connectivity index (χ4v) is 2.51. The highest BCUT2D eigenvalue weighted by Gasteiger charge is 2.02. The summed E-state index contributed by atoms with van der Waals surface area (Å²) >= 11 is 2.14. The first kappa shape index (κ1) is 12.3. The van der Waals surface area contributed by atoms with E-state index in [-0.39, 0.29) is 0 Å². The fraction of sp³-hybridized carbons (Fsp3) is 1.00. The monoisotopic (exact) mass is 188 g/mol. The molecule has 0 amide bonds. The van der Waals surface area contributed by atoms with Gasteiger partial charge in [0.15, 0.2) is 0 Å². The Morgan fingerprint density at radius 2 is 1.75 bits per heavy atom. The van der Waals surface area contributed by atoms with Crippen molar-refractivity contribution in [1.82, 2.24) is 0 Å². The van der Waals surface area contributed by atoms with Crippen LogP contribution in [-0.4, -0.2) is 11.0 Å². The molecule has 0 radical (unpaired) electrons. The van der Waals surface area contributed by atoms with E-state index < -0.39 is 0 Å². The summed E-state index contributed by atoms with van der Waals surface area (Å²) in [6.45, 7) is 9.26. The zero-order valence-electron chi connectivity index (χ0n) is 9.10. The first-order valence-electron chi connectivity index (χ1n) is 5.32. The van der Waals surface area contributed by atoms with Crippen LogP contribution in [0.4, 0.5) is 0 Å². The second-order valence-electron chi connectivity index (χ2n) is 3.77. The van der Waals surface area contributed by atoms with Gasteiger partial charge in [0.25, 0.3) is 0 Å². The van der Waals surface area contributed by atoms with Crippen molar-refractivity contribution in [3.63, 3.8) is 0 Å². The van der Waals surface area contributed by atoms with Gasteiger partial charge < -0.3 is 0 Å². The van der Waals surface area contributed by atoms with Crippen molar-refractivity contribution in [3.05, 3.63) is 0 Å². The minimum absolute atomic E-state index is 0.874. The Hall–Kier alpha value is 0.350. The van der Waals surface area contributed by atoms with E-state index in [1.807, 2.05) is 0 Å². The molecule has 1 heteroatoms. The standard InChI is InChI=1S/C11H24S/c1-5-7-11(4)12-9-8-10(3)6-2/h10-11H,5-9H2,1-4H3. The van der Waals surface area contributed by atoms with Crippen molar-refractivity contribution in [1.29, 1.82) is 0 Å². The SMILES string of the molecule is CCCC(C)SCCC(C)CC. The van der Waals surface area contributed by atoms with Crippen LogP contribution in [0.2, 0.25) is 0 Å². The normalized spacial score (nSPS) is 16.0. The molecule has 0 saturated carbocycles. The van der Waals surface area contributed by atoms with Gasteiger partial charge in [0, 0.05) is 5.25 Å². The smallest absolute Gasteiger partial charge is 0.00186 e. The number of rotatable bonds is 7. The molecule has 0 spiro atoms. The minimum Gasteiger partial charge on any atom is -0.159 e. The molecule has 0 rings (SSSR count). The van der Waals surface area contributed by atoms with Crippen LogP contribution in [0.25, 0.3) is 0 Å². The zero-order valence-corrected chi connectivity index (χ0v) is 9.91. The molecule has 74 valence electrons. The topological polar surface area (TPSA) is 0 Å². The fourth-order valence-electron chi connectivity index (χ4n) is 1.16. The lowest BCUT2D eigenvalue weighted by atomic mass is 10.1. The Bertz CT molecular complexity index is 91.0. The summed E-state index contributed by atoms with van der Waals surface area (Å²) in [6.07, 6.45) is 5.45. The van der Waals surface area contributed by atoms with Gasteiger partial charge in [-0.25, -0.2) is 0 Å². The third kappa shape index (κ3) is 7.02. The summed E-state index contributed by atoms with van der Waals surface area (Å²) in [5.41, 5.74) is 0. The van der Waals surface area contributed by atoms with E-state index in [0.717, 1.165) is 11.2 Å². The third-order valence-corrected chi connectivity index (χ3v) is 3.68. The van der Waals surface area contributed by atoms with Gasteiger partial charge in [-0.1, -0.05) is 40.5 Å². The summed E-state index contributed by atoms with van der Waals surface area (Å²) in [6, 6.07) is 0. The number of thioether (sulfide) groups is 1. The van der Waals surface area contributed by atoms with Crippen LogP contribution in [0.3, 0.4) is 0 Å². The average Bonchev–Trinajstić information content (AvgIpc) is 2.04. The molecular formula is C11H24S. The van der Waals surface area contributed by atoms with Crippen LogP contribution >= 0.6 is 11.8 Å². The molecule has 0 N–H and O–H groups in total. The number of hydrogen-bond acceptors (Lipinski definition) is 1. The van der Waals surface area contributed by atoms with Crippen molar-refractivity contribution in [2.45, 2.75) is 58.6 Å². The third-order valence-electron chi connectivity index (χ3n) is 2.41. The maximum Gasteiger partial charge on any atom is 0.00186 e. The highest BCUT2D eigenvalue weighted by atomic mass is 32.2. The van der Waals surface area contributed by atoms with Gasteiger partial charge in [-0.05, 0) is 24.5 Å². The molecule has 12 heavy (non-hydrogen) atoms. The van der Waals surface area contributed by atoms with Gasteiger partial charge in [-0.3, -0.25) is 0 Å². The maximum atomic E-state index is 2.35. The van der Waals surface area contributed by atoms with Gasteiger partial charge in [0.05, 0.1) is 0 Å². The highest BCUT2D eigenvalue weighted by Crippen LogP contribution is 2.19. The lowest BCUT2D eigenvalue weighted by Crippen LogP contribution is -2.00. The molecular weight excluding hydrogens is 164 g/mol. The Balaban J connectivity index is 3.18. The molecule has 0 aromatic heterocycles. The molecule has 0 fully saturated rings. The molecule has 0 aliphatic rings. The summed E-state index contributed by atoms with van der Waals surface area (Å²) in [4.78, 5) is 0. The van der Waals surface area contributed by atoms with Crippen molar-refractivity contribution < 1.29 is 0 Å². The van der Waals surface area contributed by atoms with Crippen LogP contribution < -0.4 is 0 Å². The van der Waals surface area contributed by atoms with Gasteiger partial charge in [0.1, 0.15) is 0 Å². The van der Waals surface area contributed by atoms with E-state index in [0.29, 0.717) is 0 Å². The largest absolute Gasteiger partial charge is 0.159 e. The quantitative estimate of drug-likeness (QED) is 0.572. The van der Waals surface area contributed by atoms with Crippen LogP contribution in [0.1, 0.15) is 53.4 Å². The first-order valence-corrected chi connectivity index (χ1v) is 6.37. The summed E-state index contributed by atoms with van der Waals surface area (Å²) in [5.74, 6) is 2.28. The average molecular weight is 188 g/mol. The Morgan fingerprint density at radius 3 is 2.25 bits per heavy atom.